The van der Waals surface area contributed by atoms with Crippen molar-refractivity contribution in [3.8, 4) is 0 Å². The first-order chi connectivity index (χ1) is 17.2. The van der Waals surface area contributed by atoms with E-state index in [2.05, 4.69) is 19.9 Å². The van der Waals surface area contributed by atoms with Gasteiger partial charge in [0.05, 0.1) is 17.3 Å². The summed E-state index contributed by atoms with van der Waals surface area (Å²) in [6.07, 6.45) is 13.3. The van der Waals surface area contributed by atoms with E-state index in [-0.39, 0.29) is 29.3 Å². The largest absolute Gasteiger partial charge is 0.390 e. The Morgan fingerprint density at radius 3 is 2.49 bits per heavy atom. The van der Waals surface area contributed by atoms with Crippen molar-refractivity contribution in [1.29, 1.82) is 0 Å². The first-order valence-electron chi connectivity index (χ1n) is 15.3. The van der Waals surface area contributed by atoms with Crippen LogP contribution in [0.4, 0.5) is 8.78 Å². The van der Waals surface area contributed by atoms with Gasteiger partial charge >= 0.3 is 0 Å². The lowest BCUT2D eigenvalue weighted by atomic mass is 9.46. The lowest BCUT2D eigenvalue weighted by Crippen LogP contribution is -2.55. The molecular formula is C32H52F2O3. The van der Waals surface area contributed by atoms with Crippen molar-refractivity contribution in [3.63, 3.8) is 0 Å². The summed E-state index contributed by atoms with van der Waals surface area (Å²) < 4.78 is 35.8. The Hall–Kier alpha value is -0.520. The molecule has 3 saturated carbocycles. The summed E-state index contributed by atoms with van der Waals surface area (Å²) >= 11 is 0. The second kappa shape index (κ2) is 9.54. The van der Waals surface area contributed by atoms with Gasteiger partial charge in [-0.05, 0) is 118 Å². The van der Waals surface area contributed by atoms with Gasteiger partial charge in [0.2, 0.25) is 0 Å². The van der Waals surface area contributed by atoms with Crippen molar-refractivity contribution in [2.45, 2.75) is 141 Å². The second-order valence-electron chi connectivity index (χ2n) is 15.1. The summed E-state index contributed by atoms with van der Waals surface area (Å²) in [5, 5.41) is 21.7. The number of allylic oxidation sites excluding steroid dienone is 1. The van der Waals surface area contributed by atoms with E-state index in [0.717, 1.165) is 70.8 Å². The molecule has 4 aliphatic carbocycles. The number of hydrogen-bond donors (Lipinski definition) is 2. The van der Waals surface area contributed by atoms with E-state index in [1.54, 1.807) is 0 Å². The van der Waals surface area contributed by atoms with Gasteiger partial charge in [-0.15, -0.1) is 0 Å². The molecule has 4 fully saturated rings. The predicted octanol–water partition coefficient (Wildman–Crippen LogP) is 7.69. The Labute approximate surface area is 223 Å². The highest BCUT2D eigenvalue weighted by Gasteiger charge is 2.61. The highest BCUT2D eigenvalue weighted by atomic mass is 19.3. The van der Waals surface area contributed by atoms with Crippen LogP contribution in [-0.2, 0) is 4.74 Å². The molecular weight excluding hydrogens is 470 g/mol. The zero-order valence-corrected chi connectivity index (χ0v) is 24.0. The summed E-state index contributed by atoms with van der Waals surface area (Å²) in [5.41, 5.74) is -0.327. The first-order valence-corrected chi connectivity index (χ1v) is 15.3. The van der Waals surface area contributed by atoms with Crippen molar-refractivity contribution in [2.75, 3.05) is 6.61 Å². The Bertz CT molecular complexity index is 874. The molecule has 0 bridgehead atoms. The SMILES string of the molecule is C[C@H](CC(F)(F)CC(C)(C)O)[C@H]1CC[C@H]2[C@@H]3CC=C4C[C@@](O)(C5CCCCO5)CC[C@]4(C)[C@H]3CC[C@]12C. The molecule has 1 heterocycles. The molecule has 5 rings (SSSR count). The lowest BCUT2D eigenvalue weighted by Gasteiger charge is -2.60. The second-order valence-corrected chi connectivity index (χ2v) is 15.1. The van der Waals surface area contributed by atoms with E-state index in [1.165, 1.54) is 25.8 Å². The van der Waals surface area contributed by atoms with Crippen molar-refractivity contribution in [2.24, 2.45) is 40.4 Å². The van der Waals surface area contributed by atoms with E-state index in [0.29, 0.717) is 23.7 Å². The third-order valence-electron chi connectivity index (χ3n) is 12.1. The fourth-order valence-electron chi connectivity index (χ4n) is 10.4. The zero-order valence-electron chi connectivity index (χ0n) is 24.0. The standard InChI is InChI=1S/C32H52F2O3/c1-21(18-32(33,34)20-28(2,3)35)24-11-12-25-23-10-9-22-19-31(36,27-8-6-7-17-37-27)16-15-29(22,4)26(23)13-14-30(24,25)5/h9,21,23-27,35-36H,6-8,10-20H2,1-5H3/t21-,23+,24-,25+,26+,27?,29+,30-,31-/m1/s1. The van der Waals surface area contributed by atoms with Crippen molar-refractivity contribution in [3.05, 3.63) is 11.6 Å². The van der Waals surface area contributed by atoms with Crippen LogP contribution in [0.15, 0.2) is 11.6 Å². The van der Waals surface area contributed by atoms with E-state index < -0.39 is 23.5 Å². The average Bonchev–Trinajstić information content (AvgIpc) is 3.16. The molecule has 1 unspecified atom stereocenters. The van der Waals surface area contributed by atoms with Crippen LogP contribution in [0, 0.1) is 40.4 Å². The van der Waals surface area contributed by atoms with Gasteiger partial charge < -0.3 is 14.9 Å². The number of halogens is 2. The van der Waals surface area contributed by atoms with Crippen molar-refractivity contribution >= 4 is 0 Å². The van der Waals surface area contributed by atoms with Crippen LogP contribution in [-0.4, -0.2) is 40.0 Å². The Morgan fingerprint density at radius 1 is 1.05 bits per heavy atom. The van der Waals surface area contributed by atoms with Gasteiger partial charge in [0.1, 0.15) is 0 Å². The van der Waals surface area contributed by atoms with Crippen LogP contribution in [0.5, 0.6) is 0 Å². The lowest BCUT2D eigenvalue weighted by molar-refractivity contribution is -0.152. The van der Waals surface area contributed by atoms with Gasteiger partial charge in [0.25, 0.3) is 5.92 Å². The number of aliphatic hydroxyl groups is 2. The normalized spacial score (nSPS) is 45.4. The maximum atomic E-state index is 14.9. The number of alkyl halides is 2. The fourth-order valence-corrected chi connectivity index (χ4v) is 10.4. The fraction of sp³-hybridized carbons (Fsp3) is 0.938. The molecule has 1 aliphatic heterocycles. The minimum Gasteiger partial charge on any atom is -0.390 e. The first kappa shape index (κ1) is 28.0. The van der Waals surface area contributed by atoms with Gasteiger partial charge in [-0.25, -0.2) is 8.78 Å². The molecule has 0 aromatic heterocycles. The monoisotopic (exact) mass is 522 g/mol. The van der Waals surface area contributed by atoms with Crippen LogP contribution in [0.1, 0.15) is 118 Å². The van der Waals surface area contributed by atoms with Crippen LogP contribution >= 0.6 is 0 Å². The summed E-state index contributed by atoms with van der Waals surface area (Å²) in [6, 6.07) is 0. The molecule has 0 aromatic carbocycles. The van der Waals surface area contributed by atoms with Crippen molar-refractivity contribution < 1.29 is 23.7 Å². The van der Waals surface area contributed by atoms with E-state index in [4.69, 9.17) is 4.74 Å². The molecule has 212 valence electrons. The maximum Gasteiger partial charge on any atom is 0.251 e. The van der Waals surface area contributed by atoms with Gasteiger partial charge in [0, 0.05) is 25.9 Å². The Morgan fingerprint density at radius 2 is 1.81 bits per heavy atom. The van der Waals surface area contributed by atoms with Crippen LogP contribution in [0.3, 0.4) is 0 Å². The molecule has 0 radical (unpaired) electrons. The summed E-state index contributed by atoms with van der Waals surface area (Å²) in [5.74, 6) is -0.704. The van der Waals surface area contributed by atoms with Gasteiger partial charge in [-0.3, -0.25) is 0 Å². The Balaban J connectivity index is 1.31. The van der Waals surface area contributed by atoms with Gasteiger partial charge in [-0.1, -0.05) is 32.4 Å². The summed E-state index contributed by atoms with van der Waals surface area (Å²) in [7, 11) is 0. The minimum atomic E-state index is -2.83. The van der Waals surface area contributed by atoms with E-state index in [9.17, 15) is 19.0 Å². The average molecular weight is 523 g/mol. The number of ether oxygens (including phenoxy) is 1. The van der Waals surface area contributed by atoms with Crippen molar-refractivity contribution in [1.82, 2.24) is 0 Å². The summed E-state index contributed by atoms with van der Waals surface area (Å²) in [4.78, 5) is 0. The molecule has 3 nitrogen and oxygen atoms in total. The maximum absolute atomic E-state index is 14.9. The van der Waals surface area contributed by atoms with Crippen LogP contribution < -0.4 is 0 Å². The molecule has 0 aromatic rings. The number of fused-ring (bicyclic) bond motifs is 5. The smallest absolute Gasteiger partial charge is 0.251 e. The molecule has 5 aliphatic rings. The number of rotatable bonds is 6. The Kier molecular flexibility index (Phi) is 7.23. The predicted molar refractivity (Wildman–Crippen MR) is 143 cm³/mol. The molecule has 0 amide bonds. The van der Waals surface area contributed by atoms with Crippen LogP contribution in [0.2, 0.25) is 0 Å². The molecule has 37 heavy (non-hydrogen) atoms. The highest BCUT2D eigenvalue weighted by Crippen LogP contribution is 2.68. The van der Waals surface area contributed by atoms with E-state index >= 15 is 0 Å². The number of hydrogen-bond acceptors (Lipinski definition) is 3. The van der Waals surface area contributed by atoms with Crippen LogP contribution in [0.25, 0.3) is 0 Å². The molecule has 0 spiro atoms. The third-order valence-corrected chi connectivity index (χ3v) is 12.1. The molecule has 9 atom stereocenters. The summed E-state index contributed by atoms with van der Waals surface area (Å²) in [6.45, 7) is 10.7. The highest BCUT2D eigenvalue weighted by molar-refractivity contribution is 5.28. The molecule has 1 saturated heterocycles. The van der Waals surface area contributed by atoms with E-state index in [1.807, 2.05) is 6.92 Å². The zero-order chi connectivity index (χ0) is 26.9. The molecule has 5 heteroatoms. The topological polar surface area (TPSA) is 49.7 Å². The van der Waals surface area contributed by atoms with Gasteiger partial charge in [0.15, 0.2) is 0 Å². The third kappa shape index (κ3) is 5.08. The molecule has 2 N–H and O–H groups in total. The quantitative estimate of drug-likeness (QED) is 0.352. The minimum absolute atomic E-state index is 0.0225. The van der Waals surface area contributed by atoms with Gasteiger partial charge in [-0.2, -0.15) is 0 Å².